The molecule has 1 amide bonds. The minimum absolute atomic E-state index is 0.0746. The van der Waals surface area contributed by atoms with E-state index < -0.39 is 0 Å². The normalized spacial score (nSPS) is 15.1. The molecule has 2 N–H and O–H groups in total. The standard InChI is InChI=1S/C19H30N2O3/c1-3-11-23-17-6-5-16(14-18(17)24-12-4-2)21-19(22)13-15-7-9-20-10-8-15/h5-6,14-15,20H,3-4,7-13H2,1-2H3,(H,21,22). The number of benzene rings is 1. The van der Waals surface area contributed by atoms with E-state index in [0.29, 0.717) is 31.3 Å². The number of carbonyl (C=O) groups excluding carboxylic acids is 1. The summed E-state index contributed by atoms with van der Waals surface area (Å²) in [7, 11) is 0. The van der Waals surface area contributed by atoms with Gasteiger partial charge in [0.25, 0.3) is 0 Å². The number of hydrogen-bond donors (Lipinski definition) is 2. The summed E-state index contributed by atoms with van der Waals surface area (Å²) in [6.07, 6.45) is 4.60. The number of nitrogens with one attached hydrogen (secondary N) is 2. The van der Waals surface area contributed by atoms with Gasteiger partial charge in [-0.2, -0.15) is 0 Å². The third-order valence-electron chi connectivity index (χ3n) is 4.08. The van der Waals surface area contributed by atoms with E-state index in [1.807, 2.05) is 18.2 Å². The Labute approximate surface area is 145 Å². The molecule has 24 heavy (non-hydrogen) atoms. The maximum Gasteiger partial charge on any atom is 0.224 e. The van der Waals surface area contributed by atoms with Crippen LogP contribution in [0.25, 0.3) is 0 Å². The molecule has 1 heterocycles. The van der Waals surface area contributed by atoms with Crippen molar-refractivity contribution < 1.29 is 14.3 Å². The van der Waals surface area contributed by atoms with Gasteiger partial charge in [0.15, 0.2) is 11.5 Å². The molecule has 1 saturated heterocycles. The molecule has 0 unspecified atom stereocenters. The summed E-state index contributed by atoms with van der Waals surface area (Å²) in [4.78, 5) is 12.3. The highest BCUT2D eigenvalue weighted by Gasteiger charge is 2.17. The molecule has 5 nitrogen and oxygen atoms in total. The molecule has 1 aliphatic heterocycles. The van der Waals surface area contributed by atoms with Crippen LogP contribution in [0.1, 0.15) is 46.0 Å². The Hall–Kier alpha value is -1.75. The summed E-state index contributed by atoms with van der Waals surface area (Å²) < 4.78 is 11.5. The van der Waals surface area contributed by atoms with E-state index in [1.54, 1.807) is 0 Å². The smallest absolute Gasteiger partial charge is 0.224 e. The lowest BCUT2D eigenvalue weighted by atomic mass is 9.94. The van der Waals surface area contributed by atoms with Gasteiger partial charge in [-0.15, -0.1) is 0 Å². The molecule has 0 atom stereocenters. The van der Waals surface area contributed by atoms with Gasteiger partial charge in [0.2, 0.25) is 5.91 Å². The first kappa shape index (κ1) is 18.6. The van der Waals surface area contributed by atoms with E-state index in [-0.39, 0.29) is 5.91 Å². The summed E-state index contributed by atoms with van der Waals surface area (Å²) in [6, 6.07) is 5.62. The SMILES string of the molecule is CCCOc1ccc(NC(=O)CC2CCNCC2)cc1OCCC. The molecule has 0 aliphatic carbocycles. The largest absolute Gasteiger partial charge is 0.490 e. The monoisotopic (exact) mass is 334 g/mol. The second-order valence-electron chi connectivity index (χ2n) is 6.30. The third-order valence-corrected chi connectivity index (χ3v) is 4.08. The summed E-state index contributed by atoms with van der Waals surface area (Å²) in [6.45, 7) is 7.45. The van der Waals surface area contributed by atoms with Gasteiger partial charge in [0, 0.05) is 18.2 Å². The number of piperidine rings is 1. The fourth-order valence-corrected chi connectivity index (χ4v) is 2.80. The van der Waals surface area contributed by atoms with E-state index in [2.05, 4.69) is 24.5 Å². The Bertz CT molecular complexity index is 513. The zero-order valence-corrected chi connectivity index (χ0v) is 14.9. The van der Waals surface area contributed by atoms with Crippen molar-refractivity contribution in [2.24, 2.45) is 5.92 Å². The molecule has 1 aromatic carbocycles. The van der Waals surface area contributed by atoms with Crippen LogP contribution in [0.2, 0.25) is 0 Å². The predicted octanol–water partition coefficient (Wildman–Crippen LogP) is 3.59. The summed E-state index contributed by atoms with van der Waals surface area (Å²) in [5, 5.41) is 6.32. The minimum atomic E-state index is 0.0746. The Kier molecular flexibility index (Phi) is 7.89. The Morgan fingerprint density at radius 3 is 2.46 bits per heavy atom. The van der Waals surface area contributed by atoms with Crippen molar-refractivity contribution in [3.05, 3.63) is 18.2 Å². The maximum atomic E-state index is 12.3. The molecule has 1 fully saturated rings. The molecule has 0 spiro atoms. The summed E-state index contributed by atoms with van der Waals surface area (Å²) >= 11 is 0. The van der Waals surface area contributed by atoms with E-state index in [0.717, 1.165) is 50.2 Å². The first-order valence-corrected chi connectivity index (χ1v) is 9.13. The van der Waals surface area contributed by atoms with Crippen LogP contribution in [0.15, 0.2) is 18.2 Å². The van der Waals surface area contributed by atoms with Crippen molar-refractivity contribution in [3.63, 3.8) is 0 Å². The van der Waals surface area contributed by atoms with Gasteiger partial charge in [-0.05, 0) is 56.8 Å². The average molecular weight is 334 g/mol. The van der Waals surface area contributed by atoms with Gasteiger partial charge >= 0.3 is 0 Å². The van der Waals surface area contributed by atoms with Crippen molar-refractivity contribution >= 4 is 11.6 Å². The van der Waals surface area contributed by atoms with Crippen molar-refractivity contribution in [1.29, 1.82) is 0 Å². The van der Waals surface area contributed by atoms with Crippen LogP contribution in [-0.4, -0.2) is 32.2 Å². The predicted molar refractivity (Wildman–Crippen MR) is 96.9 cm³/mol. The molecular weight excluding hydrogens is 304 g/mol. The number of amides is 1. The molecule has 2 rings (SSSR count). The molecule has 5 heteroatoms. The average Bonchev–Trinajstić information content (AvgIpc) is 2.60. The first-order valence-electron chi connectivity index (χ1n) is 9.13. The fraction of sp³-hybridized carbons (Fsp3) is 0.632. The van der Waals surface area contributed by atoms with Crippen LogP contribution in [0.5, 0.6) is 11.5 Å². The fourth-order valence-electron chi connectivity index (χ4n) is 2.80. The lowest BCUT2D eigenvalue weighted by Gasteiger charge is -2.22. The van der Waals surface area contributed by atoms with E-state index in [9.17, 15) is 4.79 Å². The molecular formula is C19H30N2O3. The second-order valence-corrected chi connectivity index (χ2v) is 6.30. The number of ether oxygens (including phenoxy) is 2. The van der Waals surface area contributed by atoms with Crippen LogP contribution >= 0.6 is 0 Å². The second kappa shape index (κ2) is 10.2. The van der Waals surface area contributed by atoms with Crippen LogP contribution in [0.3, 0.4) is 0 Å². The molecule has 0 bridgehead atoms. The molecule has 0 aromatic heterocycles. The Morgan fingerprint density at radius 2 is 1.79 bits per heavy atom. The topological polar surface area (TPSA) is 59.6 Å². The number of anilines is 1. The first-order chi connectivity index (χ1) is 11.7. The molecule has 0 saturated carbocycles. The lowest BCUT2D eigenvalue weighted by Crippen LogP contribution is -2.30. The lowest BCUT2D eigenvalue weighted by molar-refractivity contribution is -0.117. The molecule has 1 aliphatic rings. The number of carbonyl (C=O) groups is 1. The molecule has 0 radical (unpaired) electrons. The Balaban J connectivity index is 1.96. The van der Waals surface area contributed by atoms with E-state index in [1.165, 1.54) is 0 Å². The zero-order valence-electron chi connectivity index (χ0n) is 14.9. The van der Waals surface area contributed by atoms with Crippen molar-refractivity contribution in [1.82, 2.24) is 5.32 Å². The van der Waals surface area contributed by atoms with Crippen molar-refractivity contribution in [2.45, 2.75) is 46.0 Å². The van der Waals surface area contributed by atoms with Crippen molar-refractivity contribution in [3.8, 4) is 11.5 Å². The summed E-state index contributed by atoms with van der Waals surface area (Å²) in [5.74, 6) is 1.99. The van der Waals surface area contributed by atoms with E-state index >= 15 is 0 Å². The zero-order chi connectivity index (χ0) is 17.2. The summed E-state index contributed by atoms with van der Waals surface area (Å²) in [5.41, 5.74) is 0.767. The number of rotatable bonds is 9. The van der Waals surface area contributed by atoms with Gasteiger partial charge in [0.1, 0.15) is 0 Å². The highest BCUT2D eigenvalue weighted by Crippen LogP contribution is 2.31. The maximum absolute atomic E-state index is 12.3. The van der Waals surface area contributed by atoms with Gasteiger partial charge in [-0.25, -0.2) is 0 Å². The van der Waals surface area contributed by atoms with Crippen molar-refractivity contribution in [2.75, 3.05) is 31.6 Å². The number of hydrogen-bond acceptors (Lipinski definition) is 4. The van der Waals surface area contributed by atoms with E-state index in [4.69, 9.17) is 9.47 Å². The Morgan fingerprint density at radius 1 is 1.12 bits per heavy atom. The van der Waals surface area contributed by atoms with Crippen LogP contribution in [0, 0.1) is 5.92 Å². The van der Waals surface area contributed by atoms with Gasteiger partial charge in [-0.3, -0.25) is 4.79 Å². The van der Waals surface area contributed by atoms with Gasteiger partial charge in [0.05, 0.1) is 13.2 Å². The highest BCUT2D eigenvalue weighted by molar-refractivity contribution is 5.91. The van der Waals surface area contributed by atoms with Crippen LogP contribution in [0.4, 0.5) is 5.69 Å². The van der Waals surface area contributed by atoms with Crippen LogP contribution < -0.4 is 20.1 Å². The quantitative estimate of drug-likeness (QED) is 0.724. The van der Waals surface area contributed by atoms with Crippen LogP contribution in [-0.2, 0) is 4.79 Å². The van der Waals surface area contributed by atoms with Gasteiger partial charge in [-0.1, -0.05) is 13.8 Å². The molecule has 1 aromatic rings. The van der Waals surface area contributed by atoms with Gasteiger partial charge < -0.3 is 20.1 Å². The molecule has 134 valence electrons. The highest BCUT2D eigenvalue weighted by atomic mass is 16.5. The minimum Gasteiger partial charge on any atom is -0.490 e. The third kappa shape index (κ3) is 6.04.